The topological polar surface area (TPSA) is 29.0 Å². The summed E-state index contributed by atoms with van der Waals surface area (Å²) in [5.41, 5.74) is 3.32. The van der Waals surface area contributed by atoms with Gasteiger partial charge in [-0.2, -0.15) is 0 Å². The molecule has 0 N–H and O–H groups in total. The van der Waals surface area contributed by atoms with Gasteiger partial charge in [-0.3, -0.25) is 0 Å². The lowest BCUT2D eigenvalue weighted by Gasteiger charge is -2.21. The van der Waals surface area contributed by atoms with Crippen molar-refractivity contribution in [1.82, 2.24) is 9.97 Å². The first-order valence-corrected chi connectivity index (χ1v) is 5.09. The number of hydrogen-bond acceptors (Lipinski definition) is 3. The van der Waals surface area contributed by atoms with Gasteiger partial charge in [0.05, 0.1) is 0 Å². The lowest BCUT2D eigenvalue weighted by molar-refractivity contribution is 0.897. The molecule has 0 aliphatic carbocycles. The van der Waals surface area contributed by atoms with Crippen molar-refractivity contribution in [3.8, 4) is 0 Å². The van der Waals surface area contributed by atoms with Crippen molar-refractivity contribution >= 4 is 5.82 Å². The minimum Gasteiger partial charge on any atom is -0.355 e. The molecule has 0 saturated heterocycles. The van der Waals surface area contributed by atoms with E-state index in [4.69, 9.17) is 0 Å². The van der Waals surface area contributed by atoms with Crippen molar-refractivity contribution in [3.05, 3.63) is 29.2 Å². The standard InChI is InChI=1S/C12H19N3/c1-8(2)7-15(6)12-9(3)10(4)13-11(5)14-12/h1,7H2,2-6H3. The molecule has 0 bridgehead atoms. The number of aryl methyl sites for hydroxylation is 2. The highest BCUT2D eigenvalue weighted by molar-refractivity contribution is 5.48. The maximum absolute atomic E-state index is 4.46. The van der Waals surface area contributed by atoms with Crippen LogP contribution in [0.25, 0.3) is 0 Å². The van der Waals surface area contributed by atoms with Gasteiger partial charge < -0.3 is 4.90 Å². The fourth-order valence-electron chi connectivity index (χ4n) is 1.60. The summed E-state index contributed by atoms with van der Waals surface area (Å²) in [4.78, 5) is 10.9. The molecule has 15 heavy (non-hydrogen) atoms. The van der Waals surface area contributed by atoms with Crippen LogP contribution in [0.2, 0.25) is 0 Å². The van der Waals surface area contributed by atoms with Crippen molar-refractivity contribution in [2.45, 2.75) is 27.7 Å². The monoisotopic (exact) mass is 205 g/mol. The predicted molar refractivity (Wildman–Crippen MR) is 64.3 cm³/mol. The van der Waals surface area contributed by atoms with Crippen LogP contribution in [0, 0.1) is 20.8 Å². The third-order valence-electron chi connectivity index (χ3n) is 2.34. The Bertz CT molecular complexity index is 383. The molecule has 1 aromatic heterocycles. The zero-order valence-corrected chi connectivity index (χ0v) is 10.3. The molecular formula is C12H19N3. The van der Waals surface area contributed by atoms with Crippen LogP contribution in [0.1, 0.15) is 24.0 Å². The second-order valence-corrected chi connectivity index (χ2v) is 4.12. The van der Waals surface area contributed by atoms with Gasteiger partial charge in [0.15, 0.2) is 0 Å². The third kappa shape index (κ3) is 2.78. The Morgan fingerprint density at radius 3 is 2.40 bits per heavy atom. The molecule has 0 spiro atoms. The van der Waals surface area contributed by atoms with E-state index in [0.717, 1.165) is 35.0 Å². The maximum atomic E-state index is 4.46. The number of nitrogens with zero attached hydrogens (tertiary/aromatic N) is 3. The lowest BCUT2D eigenvalue weighted by Crippen LogP contribution is -2.22. The van der Waals surface area contributed by atoms with Gasteiger partial charge in [0.1, 0.15) is 11.6 Å². The van der Waals surface area contributed by atoms with Crippen molar-refractivity contribution in [3.63, 3.8) is 0 Å². The van der Waals surface area contributed by atoms with E-state index in [9.17, 15) is 0 Å². The molecule has 1 aromatic rings. The van der Waals surface area contributed by atoms with Gasteiger partial charge in [-0.05, 0) is 27.7 Å². The quantitative estimate of drug-likeness (QED) is 0.710. The number of hydrogen-bond donors (Lipinski definition) is 0. The maximum Gasteiger partial charge on any atom is 0.135 e. The number of likely N-dealkylation sites (N-methyl/N-ethyl adjacent to an activating group) is 1. The fraction of sp³-hybridized carbons (Fsp3) is 0.500. The first-order valence-electron chi connectivity index (χ1n) is 5.09. The summed E-state index contributed by atoms with van der Waals surface area (Å²) in [7, 11) is 2.03. The van der Waals surface area contributed by atoms with Gasteiger partial charge in [-0.1, -0.05) is 12.2 Å². The smallest absolute Gasteiger partial charge is 0.135 e. The van der Waals surface area contributed by atoms with Gasteiger partial charge in [0, 0.05) is 24.8 Å². The zero-order chi connectivity index (χ0) is 11.6. The molecule has 3 nitrogen and oxygen atoms in total. The number of aromatic nitrogens is 2. The average Bonchev–Trinajstić information content (AvgIpc) is 2.09. The van der Waals surface area contributed by atoms with E-state index in [0.29, 0.717) is 0 Å². The van der Waals surface area contributed by atoms with E-state index in [-0.39, 0.29) is 0 Å². The van der Waals surface area contributed by atoms with Crippen LogP contribution < -0.4 is 4.90 Å². The molecule has 0 saturated carbocycles. The molecule has 0 aliphatic heterocycles. The molecule has 0 fully saturated rings. The van der Waals surface area contributed by atoms with Crippen molar-refractivity contribution in [1.29, 1.82) is 0 Å². The molecule has 0 aromatic carbocycles. The summed E-state index contributed by atoms with van der Waals surface area (Å²) in [6.07, 6.45) is 0. The summed E-state index contributed by atoms with van der Waals surface area (Å²) in [5, 5.41) is 0. The summed E-state index contributed by atoms with van der Waals surface area (Å²) in [5.74, 6) is 1.82. The average molecular weight is 205 g/mol. The highest BCUT2D eigenvalue weighted by Gasteiger charge is 2.09. The SMILES string of the molecule is C=C(C)CN(C)c1nc(C)nc(C)c1C. The normalized spacial score (nSPS) is 10.2. The fourth-order valence-corrected chi connectivity index (χ4v) is 1.60. The lowest BCUT2D eigenvalue weighted by atomic mass is 10.2. The molecule has 0 aliphatic rings. The molecule has 1 rings (SSSR count). The summed E-state index contributed by atoms with van der Waals surface area (Å²) >= 11 is 0. The van der Waals surface area contributed by atoms with Crippen molar-refractivity contribution < 1.29 is 0 Å². The van der Waals surface area contributed by atoms with Crippen LogP contribution in [0.3, 0.4) is 0 Å². The Morgan fingerprint density at radius 2 is 1.87 bits per heavy atom. The molecule has 1 heterocycles. The highest BCUT2D eigenvalue weighted by atomic mass is 15.2. The molecule has 82 valence electrons. The first kappa shape index (κ1) is 11.7. The van der Waals surface area contributed by atoms with Crippen molar-refractivity contribution in [2.24, 2.45) is 0 Å². The second-order valence-electron chi connectivity index (χ2n) is 4.12. The van der Waals surface area contributed by atoms with E-state index in [1.165, 1.54) is 0 Å². The van der Waals surface area contributed by atoms with Crippen LogP contribution >= 0.6 is 0 Å². The molecule has 3 heteroatoms. The largest absolute Gasteiger partial charge is 0.355 e. The Hall–Kier alpha value is -1.38. The molecule has 0 unspecified atom stereocenters. The van der Waals surface area contributed by atoms with E-state index in [1.807, 2.05) is 27.8 Å². The van der Waals surface area contributed by atoms with Crippen LogP contribution in [-0.4, -0.2) is 23.6 Å². The zero-order valence-electron chi connectivity index (χ0n) is 10.3. The molecule has 0 amide bonds. The minimum atomic E-state index is 0.821. The third-order valence-corrected chi connectivity index (χ3v) is 2.34. The van der Waals surface area contributed by atoms with E-state index in [1.54, 1.807) is 0 Å². The minimum absolute atomic E-state index is 0.821. The van der Waals surface area contributed by atoms with Gasteiger partial charge in [-0.15, -0.1) is 0 Å². The Labute approximate surface area is 91.9 Å². The number of rotatable bonds is 3. The molecule has 0 atom stereocenters. The Morgan fingerprint density at radius 1 is 1.27 bits per heavy atom. The number of anilines is 1. The van der Waals surface area contributed by atoms with Crippen molar-refractivity contribution in [2.75, 3.05) is 18.5 Å². The van der Waals surface area contributed by atoms with Crippen LogP contribution in [0.5, 0.6) is 0 Å². The summed E-state index contributed by atoms with van der Waals surface area (Å²) < 4.78 is 0. The molecular weight excluding hydrogens is 186 g/mol. The van der Waals surface area contributed by atoms with Gasteiger partial charge in [0.2, 0.25) is 0 Å². The van der Waals surface area contributed by atoms with Gasteiger partial charge in [0.25, 0.3) is 0 Å². The second kappa shape index (κ2) is 4.43. The van der Waals surface area contributed by atoms with Gasteiger partial charge in [-0.25, -0.2) is 9.97 Å². The van der Waals surface area contributed by atoms with E-state index >= 15 is 0 Å². The van der Waals surface area contributed by atoms with E-state index in [2.05, 4.69) is 28.4 Å². The Balaban J connectivity index is 3.07. The summed E-state index contributed by atoms with van der Waals surface area (Å²) in [6.45, 7) is 12.8. The van der Waals surface area contributed by atoms with Gasteiger partial charge >= 0.3 is 0 Å². The van der Waals surface area contributed by atoms with Crippen LogP contribution in [-0.2, 0) is 0 Å². The van der Waals surface area contributed by atoms with E-state index < -0.39 is 0 Å². The predicted octanol–water partition coefficient (Wildman–Crippen LogP) is 2.41. The van der Waals surface area contributed by atoms with Crippen LogP contribution in [0.15, 0.2) is 12.2 Å². The Kier molecular flexibility index (Phi) is 3.45. The highest BCUT2D eigenvalue weighted by Crippen LogP contribution is 2.18. The molecule has 0 radical (unpaired) electrons. The summed E-state index contributed by atoms with van der Waals surface area (Å²) in [6, 6.07) is 0. The first-order chi connectivity index (χ1) is 6.91. The van der Waals surface area contributed by atoms with Crippen LogP contribution in [0.4, 0.5) is 5.82 Å².